The molecule has 0 atom stereocenters. The van der Waals surface area contributed by atoms with Gasteiger partial charge in [-0.2, -0.15) is 0 Å². The molecule has 0 saturated carbocycles. The van der Waals surface area contributed by atoms with Gasteiger partial charge in [-0.25, -0.2) is 0 Å². The van der Waals surface area contributed by atoms with Crippen LogP contribution in [0.15, 0.2) is 36.7 Å². The molecule has 2 aromatic rings. The van der Waals surface area contributed by atoms with E-state index in [0.29, 0.717) is 25.1 Å². The van der Waals surface area contributed by atoms with Crippen LogP contribution in [0.5, 0.6) is 0 Å². The number of fused-ring (bicyclic) bond motifs is 1. The van der Waals surface area contributed by atoms with Gasteiger partial charge in [-0.05, 0) is 25.2 Å². The number of aromatic nitrogens is 1. The lowest BCUT2D eigenvalue weighted by atomic mass is 10.1. The number of pyridine rings is 1. The van der Waals surface area contributed by atoms with Crippen molar-refractivity contribution < 1.29 is 14.3 Å². The predicted molar refractivity (Wildman–Crippen MR) is 93.8 cm³/mol. The summed E-state index contributed by atoms with van der Waals surface area (Å²) in [7, 11) is 0. The molecule has 1 heterocycles. The van der Waals surface area contributed by atoms with Crippen molar-refractivity contribution in [1.82, 2.24) is 10.3 Å². The van der Waals surface area contributed by atoms with Crippen molar-refractivity contribution in [3.63, 3.8) is 0 Å². The van der Waals surface area contributed by atoms with Crippen molar-refractivity contribution in [3.8, 4) is 0 Å². The molecule has 24 heavy (non-hydrogen) atoms. The number of benzene rings is 1. The van der Waals surface area contributed by atoms with Crippen molar-refractivity contribution in [2.75, 3.05) is 13.2 Å². The highest BCUT2D eigenvalue weighted by Gasteiger charge is 2.09. The average molecular weight is 328 g/mol. The van der Waals surface area contributed by atoms with Crippen molar-refractivity contribution in [1.29, 1.82) is 0 Å². The molecule has 1 amide bonds. The van der Waals surface area contributed by atoms with Crippen molar-refractivity contribution in [2.45, 2.75) is 39.0 Å². The van der Waals surface area contributed by atoms with Crippen LogP contribution in [0.4, 0.5) is 0 Å². The maximum absolute atomic E-state index is 12.3. The summed E-state index contributed by atoms with van der Waals surface area (Å²) in [6.45, 7) is 2.88. The van der Waals surface area contributed by atoms with Gasteiger partial charge in [-0.3, -0.25) is 14.6 Å². The Hall–Kier alpha value is -2.43. The standard InChI is InChI=1S/C19H24N2O3/c1-2-24-18(22)11-5-3-4-8-12-21-19(23)17-14-20-13-15-9-6-7-10-16(15)17/h6-7,9-10,13-14H,2-5,8,11-12H2,1H3,(H,21,23). The fourth-order valence-electron chi connectivity index (χ4n) is 2.58. The van der Waals surface area contributed by atoms with Gasteiger partial charge in [0.25, 0.3) is 5.91 Å². The molecule has 0 bridgehead atoms. The van der Waals surface area contributed by atoms with E-state index < -0.39 is 0 Å². The number of carbonyl (C=O) groups is 2. The van der Waals surface area contributed by atoms with E-state index in [9.17, 15) is 9.59 Å². The van der Waals surface area contributed by atoms with E-state index in [1.54, 1.807) is 12.4 Å². The van der Waals surface area contributed by atoms with E-state index in [-0.39, 0.29) is 11.9 Å². The number of hydrogen-bond acceptors (Lipinski definition) is 4. The number of nitrogens with one attached hydrogen (secondary N) is 1. The van der Waals surface area contributed by atoms with Gasteiger partial charge in [0.15, 0.2) is 0 Å². The third kappa shape index (κ3) is 5.33. The third-order valence-electron chi connectivity index (χ3n) is 3.81. The number of rotatable bonds is 9. The number of carbonyl (C=O) groups excluding carboxylic acids is 2. The third-order valence-corrected chi connectivity index (χ3v) is 3.81. The first-order valence-corrected chi connectivity index (χ1v) is 8.49. The Labute approximate surface area is 142 Å². The lowest BCUT2D eigenvalue weighted by molar-refractivity contribution is -0.143. The Morgan fingerprint density at radius 2 is 1.88 bits per heavy atom. The number of ether oxygens (including phenoxy) is 1. The van der Waals surface area contributed by atoms with Crippen LogP contribution < -0.4 is 5.32 Å². The maximum atomic E-state index is 12.3. The first-order chi connectivity index (χ1) is 11.7. The predicted octanol–water partition coefficient (Wildman–Crippen LogP) is 3.48. The SMILES string of the molecule is CCOC(=O)CCCCCCNC(=O)c1cncc2ccccc12. The molecule has 0 aliphatic carbocycles. The summed E-state index contributed by atoms with van der Waals surface area (Å²) in [5, 5.41) is 4.82. The van der Waals surface area contributed by atoms with Gasteiger partial charge in [0.1, 0.15) is 0 Å². The molecule has 0 fully saturated rings. The zero-order valence-corrected chi connectivity index (χ0v) is 14.1. The number of amides is 1. The summed E-state index contributed by atoms with van der Waals surface area (Å²) in [4.78, 5) is 27.6. The molecular weight excluding hydrogens is 304 g/mol. The minimum Gasteiger partial charge on any atom is -0.466 e. The average Bonchev–Trinajstić information content (AvgIpc) is 2.60. The Morgan fingerprint density at radius 3 is 2.71 bits per heavy atom. The van der Waals surface area contributed by atoms with Crippen molar-refractivity contribution >= 4 is 22.6 Å². The summed E-state index contributed by atoms with van der Waals surface area (Å²) in [6.07, 6.45) is 7.51. The molecule has 0 spiro atoms. The highest BCUT2D eigenvalue weighted by Crippen LogP contribution is 2.16. The number of nitrogens with zero attached hydrogens (tertiary/aromatic N) is 1. The summed E-state index contributed by atoms with van der Waals surface area (Å²) < 4.78 is 4.88. The molecule has 1 aromatic carbocycles. The fourth-order valence-corrected chi connectivity index (χ4v) is 2.58. The van der Waals surface area contributed by atoms with E-state index >= 15 is 0 Å². The van der Waals surface area contributed by atoms with Crippen LogP contribution in [0, 0.1) is 0 Å². The summed E-state index contributed by atoms with van der Waals surface area (Å²) >= 11 is 0. The van der Waals surface area contributed by atoms with E-state index in [0.717, 1.165) is 36.5 Å². The molecule has 5 nitrogen and oxygen atoms in total. The first kappa shape index (κ1) is 17.9. The van der Waals surface area contributed by atoms with Crippen molar-refractivity contribution in [3.05, 3.63) is 42.2 Å². The Kier molecular flexibility index (Phi) is 7.21. The fraction of sp³-hybridized carbons (Fsp3) is 0.421. The van der Waals surface area contributed by atoms with Gasteiger partial charge in [0.2, 0.25) is 0 Å². The number of esters is 1. The largest absolute Gasteiger partial charge is 0.466 e. The van der Waals surface area contributed by atoms with Crippen LogP contribution in [-0.2, 0) is 9.53 Å². The summed E-state index contributed by atoms with van der Waals surface area (Å²) in [6, 6.07) is 7.73. The molecule has 2 rings (SSSR count). The quantitative estimate of drug-likeness (QED) is 0.565. The Bertz CT molecular complexity index is 680. The summed E-state index contributed by atoms with van der Waals surface area (Å²) in [5.74, 6) is -0.222. The van der Waals surface area contributed by atoms with Gasteiger partial charge in [0.05, 0.1) is 12.2 Å². The minimum atomic E-state index is -0.130. The molecular formula is C19H24N2O3. The van der Waals surface area contributed by atoms with Gasteiger partial charge in [-0.15, -0.1) is 0 Å². The van der Waals surface area contributed by atoms with Crippen LogP contribution in [0.25, 0.3) is 10.8 Å². The lowest BCUT2D eigenvalue weighted by Gasteiger charge is -2.07. The lowest BCUT2D eigenvalue weighted by Crippen LogP contribution is -2.24. The molecule has 1 N–H and O–H groups in total. The second-order valence-corrected chi connectivity index (χ2v) is 5.63. The van der Waals surface area contributed by atoms with Gasteiger partial charge < -0.3 is 10.1 Å². The molecule has 0 unspecified atom stereocenters. The molecule has 0 aliphatic rings. The first-order valence-electron chi connectivity index (χ1n) is 8.49. The normalized spacial score (nSPS) is 10.5. The Balaban J connectivity index is 1.69. The highest BCUT2D eigenvalue weighted by atomic mass is 16.5. The monoisotopic (exact) mass is 328 g/mol. The van der Waals surface area contributed by atoms with E-state index in [2.05, 4.69) is 10.3 Å². The molecule has 1 aromatic heterocycles. The summed E-state index contributed by atoms with van der Waals surface area (Å²) in [5.41, 5.74) is 0.607. The zero-order chi connectivity index (χ0) is 17.2. The smallest absolute Gasteiger partial charge is 0.305 e. The number of unbranched alkanes of at least 4 members (excludes halogenated alkanes) is 3. The maximum Gasteiger partial charge on any atom is 0.305 e. The Morgan fingerprint density at radius 1 is 1.08 bits per heavy atom. The van der Waals surface area contributed by atoms with Gasteiger partial charge in [0, 0.05) is 30.7 Å². The van der Waals surface area contributed by atoms with Gasteiger partial charge >= 0.3 is 5.97 Å². The molecule has 0 aliphatic heterocycles. The zero-order valence-electron chi connectivity index (χ0n) is 14.1. The van der Waals surface area contributed by atoms with E-state index in [1.807, 2.05) is 31.2 Å². The molecule has 0 radical (unpaired) electrons. The van der Waals surface area contributed by atoms with Gasteiger partial charge in [-0.1, -0.05) is 37.1 Å². The topological polar surface area (TPSA) is 68.3 Å². The van der Waals surface area contributed by atoms with Crippen molar-refractivity contribution in [2.24, 2.45) is 0 Å². The molecule has 0 saturated heterocycles. The van der Waals surface area contributed by atoms with Crippen LogP contribution in [-0.4, -0.2) is 30.0 Å². The molecule has 5 heteroatoms. The number of hydrogen-bond donors (Lipinski definition) is 1. The van der Waals surface area contributed by atoms with Crippen LogP contribution >= 0.6 is 0 Å². The van der Waals surface area contributed by atoms with Crippen LogP contribution in [0.3, 0.4) is 0 Å². The van der Waals surface area contributed by atoms with E-state index in [4.69, 9.17) is 4.74 Å². The molecule has 128 valence electrons. The second kappa shape index (κ2) is 9.65. The minimum absolute atomic E-state index is 0.0918. The van der Waals surface area contributed by atoms with Crippen LogP contribution in [0.2, 0.25) is 0 Å². The van der Waals surface area contributed by atoms with Crippen LogP contribution in [0.1, 0.15) is 49.4 Å². The highest BCUT2D eigenvalue weighted by molar-refractivity contribution is 6.06. The van der Waals surface area contributed by atoms with E-state index in [1.165, 1.54) is 0 Å². The second-order valence-electron chi connectivity index (χ2n) is 5.63.